The van der Waals surface area contributed by atoms with Crippen LogP contribution >= 0.6 is 0 Å². The van der Waals surface area contributed by atoms with Gasteiger partial charge in [0.1, 0.15) is 11.4 Å². The van der Waals surface area contributed by atoms with Crippen molar-refractivity contribution in [3.05, 3.63) is 107 Å². The first-order valence-electron chi connectivity index (χ1n) is 10.0. The topological polar surface area (TPSA) is 9.23 Å². The molecule has 1 aliphatic carbocycles. The summed E-state index contributed by atoms with van der Waals surface area (Å²) in [5, 5.41) is 0. The fraction of sp³-hybridized carbons (Fsp3) is 0.231. The van der Waals surface area contributed by atoms with Gasteiger partial charge in [0, 0.05) is 16.7 Å². The molecule has 134 valence electrons. The summed E-state index contributed by atoms with van der Waals surface area (Å²) < 4.78 is 6.97. The third-order valence-corrected chi connectivity index (χ3v) is 5.97. The molecule has 0 amide bonds. The molecule has 0 unspecified atom stereocenters. The van der Waals surface area contributed by atoms with Gasteiger partial charge in [0.25, 0.3) is 0 Å². The van der Waals surface area contributed by atoms with E-state index in [0.717, 1.165) is 24.2 Å². The summed E-state index contributed by atoms with van der Waals surface area (Å²) >= 11 is 0. The summed E-state index contributed by atoms with van der Waals surface area (Å²) in [6.45, 7) is 0. The normalized spacial score (nSPS) is 18.1. The minimum Gasteiger partial charge on any atom is -0.481 e. The average Bonchev–Trinajstić information content (AvgIpc) is 2.76. The van der Waals surface area contributed by atoms with Crippen molar-refractivity contribution >= 4 is 11.3 Å². The Morgan fingerprint density at radius 3 is 1.89 bits per heavy atom. The smallest absolute Gasteiger partial charge is 0.136 e. The highest BCUT2D eigenvalue weighted by atomic mass is 16.5. The zero-order chi connectivity index (χ0) is 18.1. The number of hydrogen-bond donors (Lipinski definition) is 0. The van der Waals surface area contributed by atoms with E-state index in [2.05, 4.69) is 84.9 Å². The van der Waals surface area contributed by atoms with Crippen LogP contribution in [0.3, 0.4) is 0 Å². The lowest BCUT2D eigenvalue weighted by Crippen LogP contribution is -2.35. The van der Waals surface area contributed by atoms with Gasteiger partial charge in [0.15, 0.2) is 0 Å². The van der Waals surface area contributed by atoms with Gasteiger partial charge in [-0.2, -0.15) is 0 Å². The van der Waals surface area contributed by atoms with Gasteiger partial charge < -0.3 is 4.74 Å². The highest BCUT2D eigenvalue weighted by Crippen LogP contribution is 2.52. The second-order valence-electron chi connectivity index (χ2n) is 7.64. The maximum Gasteiger partial charge on any atom is 0.136 e. The van der Waals surface area contributed by atoms with E-state index in [4.69, 9.17) is 4.74 Å². The molecule has 1 nitrogen and oxygen atoms in total. The van der Waals surface area contributed by atoms with Crippen LogP contribution < -0.4 is 0 Å². The summed E-state index contributed by atoms with van der Waals surface area (Å²) in [5.41, 5.74) is 6.11. The number of benzene rings is 3. The van der Waals surface area contributed by atoms with Crippen molar-refractivity contribution in [1.29, 1.82) is 0 Å². The molecule has 3 aromatic carbocycles. The van der Waals surface area contributed by atoms with Crippen molar-refractivity contribution in [2.75, 3.05) is 0 Å². The minimum atomic E-state index is -0.182. The Labute approximate surface area is 161 Å². The summed E-state index contributed by atoms with van der Waals surface area (Å²) in [6.07, 6.45) is 5.97. The fourth-order valence-electron chi connectivity index (χ4n) is 4.70. The van der Waals surface area contributed by atoms with E-state index in [1.807, 2.05) is 0 Å². The van der Waals surface area contributed by atoms with E-state index in [1.54, 1.807) is 0 Å². The second-order valence-corrected chi connectivity index (χ2v) is 7.64. The third kappa shape index (κ3) is 2.78. The number of rotatable bonds is 2. The lowest BCUT2D eigenvalue weighted by molar-refractivity contribution is -0.00305. The summed E-state index contributed by atoms with van der Waals surface area (Å²) in [6, 6.07) is 30.2. The lowest BCUT2D eigenvalue weighted by Gasteiger charge is -2.44. The molecule has 1 heterocycles. The maximum absolute atomic E-state index is 6.97. The Balaban J connectivity index is 1.80. The Hall–Kier alpha value is -2.80. The van der Waals surface area contributed by atoms with Crippen molar-refractivity contribution in [2.24, 2.45) is 0 Å². The van der Waals surface area contributed by atoms with Crippen LogP contribution in [0.15, 0.2) is 84.9 Å². The van der Waals surface area contributed by atoms with Crippen molar-refractivity contribution in [1.82, 2.24) is 0 Å². The van der Waals surface area contributed by atoms with Crippen molar-refractivity contribution < 1.29 is 4.74 Å². The molecule has 0 aromatic heterocycles. The van der Waals surface area contributed by atoms with Gasteiger partial charge in [-0.05, 0) is 36.8 Å². The lowest BCUT2D eigenvalue weighted by atomic mass is 9.73. The van der Waals surface area contributed by atoms with Gasteiger partial charge in [-0.25, -0.2) is 0 Å². The Morgan fingerprint density at radius 1 is 0.593 bits per heavy atom. The monoisotopic (exact) mass is 352 g/mol. The van der Waals surface area contributed by atoms with Crippen LogP contribution in [0.1, 0.15) is 54.4 Å². The summed E-state index contributed by atoms with van der Waals surface area (Å²) in [7, 11) is 0. The maximum atomic E-state index is 6.97. The van der Waals surface area contributed by atoms with E-state index in [0.29, 0.717) is 0 Å². The average molecular weight is 352 g/mol. The van der Waals surface area contributed by atoms with Crippen LogP contribution in [-0.4, -0.2) is 0 Å². The first-order chi connectivity index (χ1) is 13.4. The molecule has 0 radical (unpaired) electrons. The zero-order valence-corrected chi connectivity index (χ0v) is 15.5. The molecule has 1 spiro atoms. The minimum absolute atomic E-state index is 0.182. The van der Waals surface area contributed by atoms with Crippen LogP contribution in [0.2, 0.25) is 0 Å². The van der Waals surface area contributed by atoms with E-state index < -0.39 is 0 Å². The van der Waals surface area contributed by atoms with Crippen LogP contribution in [0.4, 0.5) is 0 Å². The van der Waals surface area contributed by atoms with Crippen molar-refractivity contribution in [3.63, 3.8) is 0 Å². The molecule has 1 fully saturated rings. The van der Waals surface area contributed by atoms with Crippen LogP contribution in [0, 0.1) is 0 Å². The summed E-state index contributed by atoms with van der Waals surface area (Å²) in [5.74, 6) is 1.03. The van der Waals surface area contributed by atoms with Gasteiger partial charge in [-0.15, -0.1) is 0 Å². The van der Waals surface area contributed by atoms with Gasteiger partial charge >= 0.3 is 0 Å². The van der Waals surface area contributed by atoms with Gasteiger partial charge in [0.2, 0.25) is 0 Å². The molecule has 0 bridgehead atoms. The number of ether oxygens (including phenoxy) is 1. The van der Waals surface area contributed by atoms with E-state index in [-0.39, 0.29) is 5.60 Å². The zero-order valence-electron chi connectivity index (χ0n) is 15.5. The van der Waals surface area contributed by atoms with Gasteiger partial charge in [-0.1, -0.05) is 91.3 Å². The molecule has 0 atom stereocenters. The highest BCUT2D eigenvalue weighted by Gasteiger charge is 2.42. The molecule has 1 saturated carbocycles. The molecule has 2 aliphatic rings. The van der Waals surface area contributed by atoms with Gasteiger partial charge in [0.05, 0.1) is 0 Å². The predicted octanol–water partition coefficient (Wildman–Crippen LogP) is 6.79. The van der Waals surface area contributed by atoms with E-state index in [9.17, 15) is 0 Å². The molecule has 1 heteroatoms. The Morgan fingerprint density at radius 2 is 1.19 bits per heavy atom. The third-order valence-electron chi connectivity index (χ3n) is 5.97. The molecule has 3 aromatic rings. The van der Waals surface area contributed by atoms with E-state index >= 15 is 0 Å². The van der Waals surface area contributed by atoms with Crippen LogP contribution in [-0.2, 0) is 10.3 Å². The Kier molecular flexibility index (Phi) is 4.09. The molecular weight excluding hydrogens is 328 g/mol. The van der Waals surface area contributed by atoms with E-state index in [1.165, 1.54) is 41.5 Å². The molecule has 5 rings (SSSR count). The number of hydrogen-bond acceptors (Lipinski definition) is 1. The molecule has 0 saturated heterocycles. The SMILES string of the molecule is c1ccc(C2=C(c3ccccc3)c3ccccc3C3(CCCCC3)O2)cc1. The van der Waals surface area contributed by atoms with Crippen molar-refractivity contribution in [3.8, 4) is 0 Å². The molecule has 0 N–H and O–H groups in total. The molecule has 27 heavy (non-hydrogen) atoms. The van der Waals surface area contributed by atoms with Crippen LogP contribution in [0.25, 0.3) is 11.3 Å². The fourth-order valence-corrected chi connectivity index (χ4v) is 4.70. The summed E-state index contributed by atoms with van der Waals surface area (Å²) in [4.78, 5) is 0. The number of fused-ring (bicyclic) bond motifs is 2. The highest BCUT2D eigenvalue weighted by molar-refractivity contribution is 5.98. The first kappa shape index (κ1) is 16.4. The van der Waals surface area contributed by atoms with Crippen LogP contribution in [0.5, 0.6) is 0 Å². The first-order valence-corrected chi connectivity index (χ1v) is 10.0. The second kappa shape index (κ2) is 6.74. The Bertz CT molecular complexity index is 963. The quantitative estimate of drug-likeness (QED) is 0.493. The largest absolute Gasteiger partial charge is 0.481 e. The van der Waals surface area contributed by atoms with Gasteiger partial charge in [-0.3, -0.25) is 0 Å². The molecule has 1 aliphatic heterocycles. The standard InChI is InChI=1S/C26H24O/c1-4-12-20(13-5-1)24-22-16-8-9-17-23(22)26(18-10-3-11-19-26)27-25(24)21-14-6-2-7-15-21/h1-2,4-9,12-17H,3,10-11,18-19H2. The van der Waals surface area contributed by atoms with Crippen molar-refractivity contribution in [2.45, 2.75) is 37.7 Å². The molecular formula is C26H24O. The predicted molar refractivity (Wildman–Crippen MR) is 111 cm³/mol.